The molecule has 2 aromatic rings. The molecule has 4 heteroatoms. The minimum absolute atomic E-state index is 0.187. The van der Waals surface area contributed by atoms with E-state index in [0.717, 1.165) is 22.4 Å². The molecule has 1 unspecified atom stereocenters. The van der Waals surface area contributed by atoms with E-state index in [4.69, 9.17) is 4.74 Å². The van der Waals surface area contributed by atoms with E-state index in [-0.39, 0.29) is 17.8 Å². The van der Waals surface area contributed by atoms with Crippen molar-refractivity contribution in [3.63, 3.8) is 0 Å². The normalized spacial score (nSPS) is 12.9. The second kappa shape index (κ2) is 5.03. The summed E-state index contributed by atoms with van der Waals surface area (Å²) in [6.07, 6.45) is 0. The molecular formula is C15H20N2O2. The number of rotatable bonds is 3. The number of methoxy groups -OCH3 is 1. The number of nitrogens with zero attached hydrogens (tertiary/aromatic N) is 2. The van der Waals surface area contributed by atoms with Crippen LogP contribution in [0, 0.1) is 12.8 Å². The van der Waals surface area contributed by atoms with Crippen molar-refractivity contribution in [2.24, 2.45) is 13.0 Å². The standard InChI is InChI=1S/C15H20N2O2/c1-9(2)14(15(18)19-5)11-6-7-12-13(8-11)17(4)10(3)16-12/h6-9,14H,1-5H3. The number of hydrogen-bond acceptors (Lipinski definition) is 3. The van der Waals surface area contributed by atoms with Gasteiger partial charge in [-0.3, -0.25) is 4.79 Å². The van der Waals surface area contributed by atoms with Crippen molar-refractivity contribution in [3.8, 4) is 0 Å². The lowest BCUT2D eigenvalue weighted by molar-refractivity contribution is -0.143. The Morgan fingerprint density at radius 2 is 2.05 bits per heavy atom. The zero-order valence-electron chi connectivity index (χ0n) is 12.1. The molecule has 102 valence electrons. The smallest absolute Gasteiger partial charge is 0.313 e. The SMILES string of the molecule is COC(=O)C(c1ccc2nc(C)n(C)c2c1)C(C)C. The number of aromatic nitrogens is 2. The number of aryl methyl sites for hydroxylation is 2. The Morgan fingerprint density at radius 3 is 2.63 bits per heavy atom. The number of imidazole rings is 1. The highest BCUT2D eigenvalue weighted by molar-refractivity contribution is 5.82. The van der Waals surface area contributed by atoms with Crippen molar-refractivity contribution in [3.05, 3.63) is 29.6 Å². The minimum atomic E-state index is -0.232. The molecule has 1 atom stereocenters. The maximum Gasteiger partial charge on any atom is 0.313 e. The molecule has 0 saturated carbocycles. The lowest BCUT2D eigenvalue weighted by Crippen LogP contribution is -2.19. The predicted octanol–water partition coefficient (Wildman–Crippen LogP) is 2.79. The predicted molar refractivity (Wildman–Crippen MR) is 75.0 cm³/mol. The number of hydrogen-bond donors (Lipinski definition) is 0. The van der Waals surface area contributed by atoms with Gasteiger partial charge in [0.15, 0.2) is 0 Å². The zero-order valence-corrected chi connectivity index (χ0v) is 12.1. The van der Waals surface area contributed by atoms with Gasteiger partial charge in [-0.1, -0.05) is 19.9 Å². The van der Waals surface area contributed by atoms with Crippen molar-refractivity contribution in [2.45, 2.75) is 26.7 Å². The summed E-state index contributed by atoms with van der Waals surface area (Å²) in [5.41, 5.74) is 2.98. The summed E-state index contributed by atoms with van der Waals surface area (Å²) in [5.74, 6) is 0.739. The van der Waals surface area contributed by atoms with Gasteiger partial charge in [0, 0.05) is 7.05 Å². The van der Waals surface area contributed by atoms with E-state index < -0.39 is 0 Å². The Hall–Kier alpha value is -1.84. The first-order chi connectivity index (χ1) is 8.95. The molecule has 4 nitrogen and oxygen atoms in total. The summed E-state index contributed by atoms with van der Waals surface area (Å²) < 4.78 is 6.95. The molecule has 0 saturated heterocycles. The van der Waals surface area contributed by atoms with Gasteiger partial charge in [0.2, 0.25) is 0 Å². The van der Waals surface area contributed by atoms with Gasteiger partial charge in [-0.25, -0.2) is 4.98 Å². The van der Waals surface area contributed by atoms with E-state index in [1.165, 1.54) is 7.11 Å². The number of carbonyl (C=O) groups is 1. The molecule has 0 fully saturated rings. The van der Waals surface area contributed by atoms with Gasteiger partial charge in [-0.05, 0) is 30.5 Å². The fourth-order valence-corrected chi connectivity index (χ4v) is 2.44. The van der Waals surface area contributed by atoms with Crippen LogP contribution < -0.4 is 0 Å². The molecule has 0 aliphatic carbocycles. The van der Waals surface area contributed by atoms with Crippen LogP contribution in [0.1, 0.15) is 31.2 Å². The fraction of sp³-hybridized carbons (Fsp3) is 0.467. The van der Waals surface area contributed by atoms with Crippen LogP contribution in [0.2, 0.25) is 0 Å². The Morgan fingerprint density at radius 1 is 1.37 bits per heavy atom. The molecule has 0 amide bonds. The van der Waals surface area contributed by atoms with Gasteiger partial charge >= 0.3 is 5.97 Å². The van der Waals surface area contributed by atoms with Crippen LogP contribution in [0.3, 0.4) is 0 Å². The van der Waals surface area contributed by atoms with E-state index in [0.29, 0.717) is 0 Å². The lowest BCUT2D eigenvalue weighted by atomic mass is 9.88. The number of benzene rings is 1. The number of ether oxygens (including phenoxy) is 1. The van der Waals surface area contributed by atoms with Gasteiger partial charge in [0.05, 0.1) is 24.1 Å². The third kappa shape index (κ3) is 2.35. The van der Waals surface area contributed by atoms with Crippen molar-refractivity contribution in [1.82, 2.24) is 9.55 Å². The van der Waals surface area contributed by atoms with Crippen molar-refractivity contribution >= 4 is 17.0 Å². The monoisotopic (exact) mass is 260 g/mol. The topological polar surface area (TPSA) is 44.1 Å². The van der Waals surface area contributed by atoms with Gasteiger partial charge in [0.1, 0.15) is 5.82 Å². The van der Waals surface area contributed by atoms with Gasteiger partial charge in [-0.2, -0.15) is 0 Å². The minimum Gasteiger partial charge on any atom is -0.469 e. The summed E-state index contributed by atoms with van der Waals surface area (Å²) in [5, 5.41) is 0. The molecule has 0 aliphatic heterocycles. The molecule has 1 aromatic heterocycles. The zero-order chi connectivity index (χ0) is 14.2. The Labute approximate surface area is 113 Å². The Balaban J connectivity index is 2.54. The van der Waals surface area contributed by atoms with Crippen LogP contribution in [0.5, 0.6) is 0 Å². The second-order valence-corrected chi connectivity index (χ2v) is 5.21. The maximum atomic E-state index is 11.9. The fourth-order valence-electron chi connectivity index (χ4n) is 2.44. The van der Waals surface area contributed by atoms with Crippen LogP contribution >= 0.6 is 0 Å². The number of fused-ring (bicyclic) bond motifs is 1. The van der Waals surface area contributed by atoms with Crippen LogP contribution in [-0.2, 0) is 16.6 Å². The van der Waals surface area contributed by atoms with Gasteiger partial charge in [-0.15, -0.1) is 0 Å². The second-order valence-electron chi connectivity index (χ2n) is 5.21. The molecule has 0 N–H and O–H groups in total. The first kappa shape index (κ1) is 13.6. The van der Waals surface area contributed by atoms with E-state index in [1.54, 1.807) is 0 Å². The molecule has 0 aliphatic rings. The van der Waals surface area contributed by atoms with Crippen LogP contribution in [0.15, 0.2) is 18.2 Å². The first-order valence-corrected chi connectivity index (χ1v) is 6.46. The highest BCUT2D eigenvalue weighted by Crippen LogP contribution is 2.28. The quantitative estimate of drug-likeness (QED) is 0.797. The number of esters is 1. The van der Waals surface area contributed by atoms with E-state index in [9.17, 15) is 4.79 Å². The Bertz CT molecular complexity index is 614. The van der Waals surface area contributed by atoms with Crippen LogP contribution in [-0.4, -0.2) is 22.6 Å². The number of carbonyl (C=O) groups excluding carboxylic acids is 1. The summed E-state index contributed by atoms with van der Waals surface area (Å²) >= 11 is 0. The maximum absolute atomic E-state index is 11.9. The Kier molecular flexibility index (Phi) is 3.60. The van der Waals surface area contributed by atoms with Gasteiger partial charge in [0.25, 0.3) is 0 Å². The average molecular weight is 260 g/mol. The van der Waals surface area contributed by atoms with E-state index in [1.807, 2.05) is 50.6 Å². The average Bonchev–Trinajstić information content (AvgIpc) is 2.65. The summed E-state index contributed by atoms with van der Waals surface area (Å²) in [6.45, 7) is 6.03. The lowest BCUT2D eigenvalue weighted by Gasteiger charge is -2.18. The summed E-state index contributed by atoms with van der Waals surface area (Å²) in [4.78, 5) is 16.4. The van der Waals surface area contributed by atoms with Crippen molar-refractivity contribution in [2.75, 3.05) is 7.11 Å². The third-order valence-corrected chi connectivity index (χ3v) is 3.61. The van der Waals surface area contributed by atoms with Crippen molar-refractivity contribution in [1.29, 1.82) is 0 Å². The van der Waals surface area contributed by atoms with Gasteiger partial charge < -0.3 is 9.30 Å². The largest absolute Gasteiger partial charge is 0.469 e. The third-order valence-electron chi connectivity index (χ3n) is 3.61. The highest BCUT2D eigenvalue weighted by atomic mass is 16.5. The molecular weight excluding hydrogens is 240 g/mol. The molecule has 0 radical (unpaired) electrons. The van der Waals surface area contributed by atoms with Crippen LogP contribution in [0.4, 0.5) is 0 Å². The first-order valence-electron chi connectivity index (χ1n) is 6.46. The molecule has 1 aromatic carbocycles. The molecule has 0 bridgehead atoms. The molecule has 1 heterocycles. The molecule has 0 spiro atoms. The van der Waals surface area contributed by atoms with E-state index in [2.05, 4.69) is 4.98 Å². The molecule has 2 rings (SSSR count). The van der Waals surface area contributed by atoms with E-state index >= 15 is 0 Å². The van der Waals surface area contributed by atoms with Crippen molar-refractivity contribution < 1.29 is 9.53 Å². The molecule has 19 heavy (non-hydrogen) atoms. The summed E-state index contributed by atoms with van der Waals surface area (Å²) in [6, 6.07) is 5.98. The summed E-state index contributed by atoms with van der Waals surface area (Å²) in [7, 11) is 3.42. The highest BCUT2D eigenvalue weighted by Gasteiger charge is 2.25. The van der Waals surface area contributed by atoms with Crippen LogP contribution in [0.25, 0.3) is 11.0 Å².